The summed E-state index contributed by atoms with van der Waals surface area (Å²) < 4.78 is 7.65. The van der Waals surface area contributed by atoms with Crippen molar-refractivity contribution < 1.29 is 4.74 Å². The van der Waals surface area contributed by atoms with Gasteiger partial charge >= 0.3 is 0 Å². The zero-order valence-electron chi connectivity index (χ0n) is 12.3. The van der Waals surface area contributed by atoms with E-state index in [1.165, 1.54) is 42.5 Å². The summed E-state index contributed by atoms with van der Waals surface area (Å²) in [6.07, 6.45) is 8.67. The first-order valence-corrected chi connectivity index (χ1v) is 7.99. The van der Waals surface area contributed by atoms with Crippen LogP contribution < -0.4 is 0 Å². The van der Waals surface area contributed by atoms with Gasteiger partial charge in [0.2, 0.25) is 0 Å². The van der Waals surface area contributed by atoms with Crippen LogP contribution in [0.15, 0.2) is 24.5 Å². The first kappa shape index (κ1) is 13.0. The number of hydrogen-bond donors (Lipinski definition) is 0. The van der Waals surface area contributed by atoms with Crippen LogP contribution >= 0.6 is 0 Å². The molecule has 4 nitrogen and oxygen atoms in total. The van der Waals surface area contributed by atoms with Crippen LogP contribution in [0.2, 0.25) is 0 Å². The summed E-state index contributed by atoms with van der Waals surface area (Å²) in [4.78, 5) is 4.51. The molecule has 4 heteroatoms. The Bertz CT molecular complexity index is 629. The van der Waals surface area contributed by atoms with Gasteiger partial charge in [0.15, 0.2) is 0 Å². The molecule has 4 rings (SSSR count). The van der Waals surface area contributed by atoms with Crippen LogP contribution in [0, 0.1) is 5.92 Å². The number of benzene rings is 1. The van der Waals surface area contributed by atoms with E-state index in [4.69, 9.17) is 4.74 Å². The zero-order chi connectivity index (χ0) is 14.1. The molecule has 1 unspecified atom stereocenters. The molecule has 2 aliphatic rings. The van der Waals surface area contributed by atoms with E-state index in [1.54, 1.807) is 6.33 Å². The predicted molar refractivity (Wildman–Crippen MR) is 80.6 cm³/mol. The smallest absolute Gasteiger partial charge is 0.138 e. The molecule has 0 bridgehead atoms. The second-order valence-electron chi connectivity index (χ2n) is 6.14. The average Bonchev–Trinajstić information content (AvgIpc) is 3.16. The SMILES string of the molecule is c1cc2c(c(-n3ncnc3CC3CCCOC3)c1)CCC2. The Kier molecular flexibility index (Phi) is 3.47. The molecule has 110 valence electrons. The molecule has 0 spiro atoms. The molecular weight excluding hydrogens is 262 g/mol. The molecule has 0 radical (unpaired) electrons. The number of hydrogen-bond acceptors (Lipinski definition) is 3. The number of rotatable bonds is 3. The molecule has 1 aliphatic heterocycles. The van der Waals surface area contributed by atoms with Gasteiger partial charge in [0.05, 0.1) is 5.69 Å². The zero-order valence-corrected chi connectivity index (χ0v) is 12.3. The van der Waals surface area contributed by atoms with Crippen molar-refractivity contribution in [3.8, 4) is 5.69 Å². The van der Waals surface area contributed by atoms with E-state index in [0.29, 0.717) is 5.92 Å². The summed E-state index contributed by atoms with van der Waals surface area (Å²) in [6, 6.07) is 6.58. The lowest BCUT2D eigenvalue weighted by Crippen LogP contribution is -2.21. The van der Waals surface area contributed by atoms with Crippen LogP contribution in [-0.4, -0.2) is 28.0 Å². The van der Waals surface area contributed by atoms with Crippen molar-refractivity contribution in [3.63, 3.8) is 0 Å². The maximum atomic E-state index is 5.59. The molecule has 1 aromatic heterocycles. The van der Waals surface area contributed by atoms with Crippen molar-refractivity contribution in [1.29, 1.82) is 0 Å². The molecule has 0 N–H and O–H groups in total. The van der Waals surface area contributed by atoms with Gasteiger partial charge in [-0.25, -0.2) is 9.67 Å². The molecule has 1 saturated heterocycles. The number of aryl methyl sites for hydroxylation is 1. The highest BCUT2D eigenvalue weighted by Gasteiger charge is 2.21. The fourth-order valence-electron chi connectivity index (χ4n) is 3.63. The molecule has 21 heavy (non-hydrogen) atoms. The topological polar surface area (TPSA) is 39.9 Å². The molecular formula is C17H21N3O. The molecule has 1 fully saturated rings. The van der Waals surface area contributed by atoms with E-state index in [9.17, 15) is 0 Å². The maximum absolute atomic E-state index is 5.59. The van der Waals surface area contributed by atoms with E-state index in [2.05, 4.69) is 33.0 Å². The van der Waals surface area contributed by atoms with E-state index in [0.717, 1.165) is 31.9 Å². The molecule has 1 atom stereocenters. The second kappa shape index (κ2) is 5.60. The first-order chi connectivity index (χ1) is 10.4. The summed E-state index contributed by atoms with van der Waals surface area (Å²) in [5.74, 6) is 1.66. The third-order valence-corrected chi connectivity index (χ3v) is 4.69. The van der Waals surface area contributed by atoms with Crippen LogP contribution in [0.25, 0.3) is 5.69 Å². The Morgan fingerprint density at radius 1 is 1.24 bits per heavy atom. The van der Waals surface area contributed by atoms with Crippen LogP contribution in [0.1, 0.15) is 36.2 Å². The highest BCUT2D eigenvalue weighted by atomic mass is 16.5. The van der Waals surface area contributed by atoms with Crippen molar-refractivity contribution in [1.82, 2.24) is 14.8 Å². The van der Waals surface area contributed by atoms with Gasteiger partial charge in [-0.3, -0.25) is 0 Å². The molecule has 0 amide bonds. The maximum Gasteiger partial charge on any atom is 0.138 e. The highest BCUT2D eigenvalue weighted by Crippen LogP contribution is 2.28. The average molecular weight is 283 g/mol. The monoisotopic (exact) mass is 283 g/mol. The van der Waals surface area contributed by atoms with Gasteiger partial charge in [-0.15, -0.1) is 0 Å². The van der Waals surface area contributed by atoms with Crippen molar-refractivity contribution in [3.05, 3.63) is 41.5 Å². The van der Waals surface area contributed by atoms with Crippen molar-refractivity contribution in [2.24, 2.45) is 5.92 Å². The Hall–Kier alpha value is -1.68. The third kappa shape index (κ3) is 2.48. The molecule has 0 saturated carbocycles. The molecule has 1 aromatic carbocycles. The van der Waals surface area contributed by atoms with E-state index >= 15 is 0 Å². The summed E-state index contributed by atoms with van der Waals surface area (Å²) >= 11 is 0. The lowest BCUT2D eigenvalue weighted by Gasteiger charge is -2.21. The molecule has 2 heterocycles. The minimum Gasteiger partial charge on any atom is -0.381 e. The Labute approximate surface area is 125 Å². The Morgan fingerprint density at radius 2 is 2.24 bits per heavy atom. The van der Waals surface area contributed by atoms with Gasteiger partial charge < -0.3 is 4.74 Å². The van der Waals surface area contributed by atoms with Gasteiger partial charge in [0.25, 0.3) is 0 Å². The largest absolute Gasteiger partial charge is 0.381 e. The first-order valence-electron chi connectivity index (χ1n) is 7.99. The Balaban J connectivity index is 1.64. The number of nitrogens with zero attached hydrogens (tertiary/aromatic N) is 3. The lowest BCUT2D eigenvalue weighted by molar-refractivity contribution is 0.0541. The number of ether oxygens (including phenoxy) is 1. The summed E-state index contributed by atoms with van der Waals surface area (Å²) in [5, 5.41) is 4.49. The van der Waals surface area contributed by atoms with Gasteiger partial charge in [-0.05, 0) is 55.2 Å². The van der Waals surface area contributed by atoms with Crippen molar-refractivity contribution in [2.45, 2.75) is 38.5 Å². The lowest BCUT2D eigenvalue weighted by atomic mass is 9.98. The molecule has 2 aromatic rings. The minimum atomic E-state index is 0.582. The van der Waals surface area contributed by atoms with Crippen LogP contribution in [0.4, 0.5) is 0 Å². The summed E-state index contributed by atoms with van der Waals surface area (Å²) in [5.41, 5.74) is 4.17. The van der Waals surface area contributed by atoms with E-state index in [-0.39, 0.29) is 0 Å². The van der Waals surface area contributed by atoms with Crippen molar-refractivity contribution >= 4 is 0 Å². The van der Waals surface area contributed by atoms with Crippen LogP contribution in [0.5, 0.6) is 0 Å². The normalized spacial score (nSPS) is 21.4. The number of fused-ring (bicyclic) bond motifs is 1. The number of aromatic nitrogens is 3. The van der Waals surface area contributed by atoms with Crippen LogP contribution in [-0.2, 0) is 24.0 Å². The predicted octanol–water partition coefficient (Wildman–Crippen LogP) is 2.73. The second-order valence-corrected chi connectivity index (χ2v) is 6.14. The summed E-state index contributed by atoms with van der Waals surface area (Å²) in [7, 11) is 0. The standard InChI is InChI=1S/C17H21N3O/c1-5-14-6-2-8-16(15(14)7-1)20-17(18-12-19-20)10-13-4-3-9-21-11-13/h2,6,8,12-13H,1,3-5,7,9-11H2. The Morgan fingerprint density at radius 3 is 3.14 bits per heavy atom. The van der Waals surface area contributed by atoms with Gasteiger partial charge in [0.1, 0.15) is 12.2 Å². The third-order valence-electron chi connectivity index (χ3n) is 4.69. The van der Waals surface area contributed by atoms with E-state index < -0.39 is 0 Å². The van der Waals surface area contributed by atoms with Crippen molar-refractivity contribution in [2.75, 3.05) is 13.2 Å². The fraction of sp³-hybridized carbons (Fsp3) is 0.529. The van der Waals surface area contributed by atoms with E-state index in [1.807, 2.05) is 0 Å². The van der Waals surface area contributed by atoms with Gasteiger partial charge in [-0.1, -0.05) is 12.1 Å². The summed E-state index contributed by atoms with van der Waals surface area (Å²) in [6.45, 7) is 1.77. The minimum absolute atomic E-state index is 0.582. The van der Waals surface area contributed by atoms with Gasteiger partial charge in [-0.2, -0.15) is 5.10 Å². The molecule has 1 aliphatic carbocycles. The fourth-order valence-corrected chi connectivity index (χ4v) is 3.63. The highest BCUT2D eigenvalue weighted by molar-refractivity contribution is 5.48. The quantitative estimate of drug-likeness (QED) is 0.869. The van der Waals surface area contributed by atoms with Crippen LogP contribution in [0.3, 0.4) is 0 Å². The van der Waals surface area contributed by atoms with Gasteiger partial charge in [0, 0.05) is 19.6 Å².